The summed E-state index contributed by atoms with van der Waals surface area (Å²) in [6.45, 7) is 2.02. The molecular weight excluding hydrogens is 348 g/mol. The van der Waals surface area contributed by atoms with Crippen molar-refractivity contribution in [1.29, 1.82) is 0 Å². The molecule has 2 aliphatic rings. The van der Waals surface area contributed by atoms with Gasteiger partial charge < -0.3 is 19.7 Å². The van der Waals surface area contributed by atoms with E-state index < -0.39 is 0 Å². The van der Waals surface area contributed by atoms with E-state index in [1.807, 2.05) is 12.1 Å². The Morgan fingerprint density at radius 2 is 2.15 bits per heavy atom. The molecule has 9 nitrogen and oxygen atoms in total. The van der Waals surface area contributed by atoms with Crippen LogP contribution in [0.3, 0.4) is 0 Å². The minimum atomic E-state index is 0.0718. The number of hydrogen-bond acceptors (Lipinski definition) is 9. The number of hydrogen-bond donors (Lipinski definition) is 1. The normalized spacial score (nSPS) is 18.9. The predicted molar refractivity (Wildman–Crippen MR) is 94.7 cm³/mol. The third-order valence-electron chi connectivity index (χ3n) is 4.90. The van der Waals surface area contributed by atoms with Crippen molar-refractivity contribution in [3.05, 3.63) is 42.2 Å². The summed E-state index contributed by atoms with van der Waals surface area (Å²) < 4.78 is 16.4. The SMILES string of the molecule is Nc1ncncc1-c1noc([C@@H]2CCCN2Cc2ccc3c(c2)OCO3)n1. The second-order valence-corrected chi connectivity index (χ2v) is 6.59. The van der Waals surface area contributed by atoms with Crippen LogP contribution in [0.1, 0.15) is 30.3 Å². The Labute approximate surface area is 155 Å². The van der Waals surface area contributed by atoms with Gasteiger partial charge in [-0.15, -0.1) is 0 Å². The number of nitrogens with zero attached hydrogens (tertiary/aromatic N) is 5. The van der Waals surface area contributed by atoms with Crippen LogP contribution in [0, 0.1) is 0 Å². The standard InChI is InChI=1S/C18H18N6O3/c19-16-12(7-20-9-21-16)17-22-18(27-23-17)13-2-1-5-24(13)8-11-3-4-14-15(6-11)26-10-25-14/h3-4,6-7,9,13H,1-2,5,8,10H2,(H2,19,20,21)/t13-/m0/s1. The van der Waals surface area contributed by atoms with Crippen molar-refractivity contribution in [3.8, 4) is 22.9 Å². The van der Waals surface area contributed by atoms with E-state index in [-0.39, 0.29) is 12.8 Å². The van der Waals surface area contributed by atoms with Gasteiger partial charge in [-0.1, -0.05) is 11.2 Å². The maximum absolute atomic E-state index is 5.88. The Kier molecular flexibility index (Phi) is 3.86. The van der Waals surface area contributed by atoms with Gasteiger partial charge in [-0.25, -0.2) is 9.97 Å². The Morgan fingerprint density at radius 3 is 3.07 bits per heavy atom. The number of ether oxygens (including phenoxy) is 2. The second-order valence-electron chi connectivity index (χ2n) is 6.59. The summed E-state index contributed by atoms with van der Waals surface area (Å²) in [6.07, 6.45) is 5.02. The first kappa shape index (κ1) is 16.0. The first-order chi connectivity index (χ1) is 13.3. The molecule has 0 bridgehead atoms. The first-order valence-corrected chi connectivity index (χ1v) is 8.80. The quantitative estimate of drug-likeness (QED) is 0.742. The molecule has 1 fully saturated rings. The van der Waals surface area contributed by atoms with Gasteiger partial charge in [0.15, 0.2) is 11.5 Å². The summed E-state index contributed by atoms with van der Waals surface area (Å²) >= 11 is 0. The summed E-state index contributed by atoms with van der Waals surface area (Å²) in [6, 6.07) is 6.11. The lowest BCUT2D eigenvalue weighted by atomic mass is 10.1. The molecule has 0 saturated carbocycles. The molecule has 5 rings (SSSR count). The molecule has 2 aliphatic heterocycles. The number of fused-ring (bicyclic) bond motifs is 1. The van der Waals surface area contributed by atoms with Gasteiger partial charge in [0.05, 0.1) is 11.6 Å². The third kappa shape index (κ3) is 2.95. The molecule has 1 aromatic carbocycles. The maximum atomic E-state index is 5.88. The van der Waals surface area contributed by atoms with E-state index in [0.29, 0.717) is 23.1 Å². The molecular formula is C18H18N6O3. The molecule has 2 N–H and O–H groups in total. The summed E-state index contributed by atoms with van der Waals surface area (Å²) in [5, 5.41) is 4.07. The highest BCUT2D eigenvalue weighted by molar-refractivity contribution is 5.66. The van der Waals surface area contributed by atoms with Crippen LogP contribution in [0.15, 0.2) is 35.2 Å². The minimum Gasteiger partial charge on any atom is -0.454 e. The summed E-state index contributed by atoms with van der Waals surface area (Å²) in [4.78, 5) is 14.8. The lowest BCUT2D eigenvalue weighted by molar-refractivity contribution is 0.173. The molecule has 9 heteroatoms. The lowest BCUT2D eigenvalue weighted by Crippen LogP contribution is -2.23. The number of anilines is 1. The molecule has 0 unspecified atom stereocenters. The smallest absolute Gasteiger partial charge is 0.244 e. The van der Waals surface area contributed by atoms with Crippen LogP contribution in [0.25, 0.3) is 11.4 Å². The van der Waals surface area contributed by atoms with Gasteiger partial charge in [0.2, 0.25) is 18.5 Å². The molecule has 4 heterocycles. The van der Waals surface area contributed by atoms with E-state index >= 15 is 0 Å². The van der Waals surface area contributed by atoms with Crippen molar-refractivity contribution in [1.82, 2.24) is 25.0 Å². The van der Waals surface area contributed by atoms with Crippen molar-refractivity contribution in [3.63, 3.8) is 0 Å². The van der Waals surface area contributed by atoms with E-state index in [1.54, 1.807) is 6.20 Å². The van der Waals surface area contributed by atoms with E-state index in [0.717, 1.165) is 43.0 Å². The summed E-state index contributed by atoms with van der Waals surface area (Å²) in [5.74, 6) is 2.93. The predicted octanol–water partition coefficient (Wildman–Crippen LogP) is 2.17. The number of benzene rings is 1. The van der Waals surface area contributed by atoms with Crippen LogP contribution < -0.4 is 15.2 Å². The van der Waals surface area contributed by atoms with Gasteiger partial charge >= 0.3 is 0 Å². The molecule has 0 radical (unpaired) electrons. The van der Waals surface area contributed by atoms with Crippen LogP contribution in [0.2, 0.25) is 0 Å². The molecule has 27 heavy (non-hydrogen) atoms. The Bertz CT molecular complexity index is 975. The monoisotopic (exact) mass is 366 g/mol. The highest BCUT2D eigenvalue weighted by Crippen LogP contribution is 2.36. The first-order valence-electron chi connectivity index (χ1n) is 8.80. The van der Waals surface area contributed by atoms with Crippen LogP contribution in [-0.2, 0) is 6.54 Å². The van der Waals surface area contributed by atoms with Crippen molar-refractivity contribution < 1.29 is 14.0 Å². The zero-order valence-corrected chi connectivity index (χ0v) is 14.5. The molecule has 138 valence electrons. The number of rotatable bonds is 4. The van der Waals surface area contributed by atoms with Gasteiger partial charge in [-0.2, -0.15) is 4.98 Å². The van der Waals surface area contributed by atoms with Gasteiger partial charge in [-0.3, -0.25) is 4.90 Å². The lowest BCUT2D eigenvalue weighted by Gasteiger charge is -2.21. The Morgan fingerprint density at radius 1 is 1.22 bits per heavy atom. The number of nitrogens with two attached hydrogens (primary N) is 1. The zero-order chi connectivity index (χ0) is 18.2. The van der Waals surface area contributed by atoms with Crippen molar-refractivity contribution in [2.45, 2.75) is 25.4 Å². The van der Waals surface area contributed by atoms with Crippen LogP contribution in [0.4, 0.5) is 5.82 Å². The summed E-state index contributed by atoms with van der Waals surface area (Å²) in [5.41, 5.74) is 7.62. The largest absolute Gasteiger partial charge is 0.454 e. The fourth-order valence-corrected chi connectivity index (χ4v) is 3.56. The van der Waals surface area contributed by atoms with Crippen LogP contribution >= 0.6 is 0 Å². The molecule has 3 aromatic rings. The third-order valence-corrected chi connectivity index (χ3v) is 4.90. The van der Waals surface area contributed by atoms with Gasteiger partial charge in [-0.05, 0) is 37.1 Å². The second kappa shape index (κ2) is 6.51. The molecule has 1 saturated heterocycles. The number of nitrogen functional groups attached to an aromatic ring is 1. The zero-order valence-electron chi connectivity index (χ0n) is 14.5. The average molecular weight is 366 g/mol. The van der Waals surface area contributed by atoms with Gasteiger partial charge in [0, 0.05) is 12.7 Å². The minimum absolute atomic E-state index is 0.0718. The van der Waals surface area contributed by atoms with Crippen molar-refractivity contribution in [2.24, 2.45) is 0 Å². The van der Waals surface area contributed by atoms with E-state index in [2.05, 4.69) is 31.1 Å². The highest BCUT2D eigenvalue weighted by atomic mass is 16.7. The topological polar surface area (TPSA) is 112 Å². The molecule has 2 aromatic heterocycles. The van der Waals surface area contributed by atoms with E-state index in [9.17, 15) is 0 Å². The fraction of sp³-hybridized carbons (Fsp3) is 0.333. The van der Waals surface area contributed by atoms with Gasteiger partial charge in [0.1, 0.15) is 12.1 Å². The summed E-state index contributed by atoms with van der Waals surface area (Å²) in [7, 11) is 0. The Balaban J connectivity index is 1.36. The van der Waals surface area contributed by atoms with Crippen molar-refractivity contribution >= 4 is 5.82 Å². The Hall–Kier alpha value is -3.20. The molecule has 0 amide bonds. The molecule has 0 aliphatic carbocycles. The maximum Gasteiger partial charge on any atom is 0.244 e. The average Bonchev–Trinajstić information content (AvgIpc) is 3.42. The molecule has 1 atom stereocenters. The van der Waals surface area contributed by atoms with E-state index in [1.165, 1.54) is 6.33 Å². The highest BCUT2D eigenvalue weighted by Gasteiger charge is 2.31. The van der Waals surface area contributed by atoms with E-state index in [4.69, 9.17) is 19.7 Å². The van der Waals surface area contributed by atoms with Crippen molar-refractivity contribution in [2.75, 3.05) is 19.1 Å². The number of likely N-dealkylation sites (tertiary alicyclic amines) is 1. The molecule has 0 spiro atoms. The number of aromatic nitrogens is 4. The fourth-order valence-electron chi connectivity index (χ4n) is 3.56. The van der Waals surface area contributed by atoms with Crippen LogP contribution in [-0.4, -0.2) is 38.3 Å². The van der Waals surface area contributed by atoms with Crippen LogP contribution in [0.5, 0.6) is 11.5 Å². The van der Waals surface area contributed by atoms with Gasteiger partial charge in [0.25, 0.3) is 0 Å².